The van der Waals surface area contributed by atoms with Crippen molar-refractivity contribution < 1.29 is 4.79 Å². The minimum absolute atomic E-state index is 0.0507. The zero-order valence-corrected chi connectivity index (χ0v) is 16.9. The van der Waals surface area contributed by atoms with Crippen LogP contribution in [0.1, 0.15) is 52.6 Å². The van der Waals surface area contributed by atoms with Crippen LogP contribution in [0, 0.1) is 6.92 Å². The molecule has 1 fully saturated rings. The van der Waals surface area contributed by atoms with E-state index in [4.69, 9.17) is 0 Å². The van der Waals surface area contributed by atoms with E-state index in [-0.39, 0.29) is 11.9 Å². The summed E-state index contributed by atoms with van der Waals surface area (Å²) in [6.07, 6.45) is 4.51. The summed E-state index contributed by atoms with van der Waals surface area (Å²) in [6, 6.07) is 16.7. The van der Waals surface area contributed by atoms with Crippen LogP contribution in [0.25, 0.3) is 0 Å². The molecule has 2 aliphatic rings. The van der Waals surface area contributed by atoms with Crippen LogP contribution in [0.15, 0.2) is 54.7 Å². The van der Waals surface area contributed by atoms with Crippen LogP contribution in [-0.2, 0) is 13.6 Å². The van der Waals surface area contributed by atoms with Crippen molar-refractivity contribution in [3.05, 3.63) is 82.7 Å². The Morgan fingerprint density at radius 1 is 1.07 bits per heavy atom. The Hall–Kier alpha value is -3.08. The van der Waals surface area contributed by atoms with Crippen molar-refractivity contribution in [2.45, 2.75) is 38.1 Å². The first-order chi connectivity index (χ1) is 14.1. The van der Waals surface area contributed by atoms with Crippen LogP contribution in [0.2, 0.25) is 0 Å². The van der Waals surface area contributed by atoms with Crippen LogP contribution in [-0.4, -0.2) is 27.3 Å². The molecule has 148 valence electrons. The molecule has 0 saturated heterocycles. The highest BCUT2D eigenvalue weighted by Gasteiger charge is 2.31. The lowest BCUT2D eigenvalue weighted by atomic mass is 9.85. The molecular weight excluding hydrogens is 360 g/mol. The first-order valence-corrected chi connectivity index (χ1v) is 10.3. The van der Waals surface area contributed by atoms with E-state index in [9.17, 15) is 4.79 Å². The van der Waals surface area contributed by atoms with Crippen LogP contribution >= 0.6 is 0 Å². The Labute approximate surface area is 171 Å². The number of aromatic nitrogens is 2. The summed E-state index contributed by atoms with van der Waals surface area (Å²) in [5, 5.41) is 7.51. The van der Waals surface area contributed by atoms with E-state index in [0.29, 0.717) is 13.1 Å². The second-order valence-electron chi connectivity index (χ2n) is 8.27. The number of hydrogen-bond donors (Lipinski definition) is 1. The van der Waals surface area contributed by atoms with E-state index >= 15 is 0 Å². The van der Waals surface area contributed by atoms with Gasteiger partial charge in [-0.1, -0.05) is 36.4 Å². The van der Waals surface area contributed by atoms with Gasteiger partial charge in [0.1, 0.15) is 0 Å². The minimum Gasteiger partial charge on any atom is -0.319 e. The minimum atomic E-state index is -0.0507. The van der Waals surface area contributed by atoms with Gasteiger partial charge in [0.05, 0.1) is 6.20 Å². The van der Waals surface area contributed by atoms with Crippen LogP contribution in [0.3, 0.4) is 0 Å². The van der Waals surface area contributed by atoms with E-state index in [1.165, 1.54) is 35.1 Å². The average molecular weight is 386 g/mol. The standard InChI is InChI=1S/C24H26N4O/c1-16-22(13-25-27(16)2)23-15-28(14-19-5-3-4-6-21(19)23)24(29)26-20-11-9-18(10-12-20)17-7-8-17/h3-6,9-13,17,23H,7-8,14-15H2,1-2H3,(H,26,29). The molecule has 0 bridgehead atoms. The van der Waals surface area contributed by atoms with Gasteiger partial charge in [-0.15, -0.1) is 0 Å². The number of carbonyl (C=O) groups excluding carboxylic acids is 1. The molecule has 1 aliphatic carbocycles. The molecular formula is C24H26N4O. The number of benzene rings is 2. The highest BCUT2D eigenvalue weighted by atomic mass is 16.2. The first-order valence-electron chi connectivity index (χ1n) is 10.3. The summed E-state index contributed by atoms with van der Waals surface area (Å²) >= 11 is 0. The van der Waals surface area contributed by atoms with Crippen LogP contribution in [0.5, 0.6) is 0 Å². The molecule has 1 N–H and O–H groups in total. The summed E-state index contributed by atoms with van der Waals surface area (Å²) in [5.74, 6) is 0.860. The van der Waals surface area contributed by atoms with Gasteiger partial charge in [-0.05, 0) is 54.5 Å². The van der Waals surface area contributed by atoms with E-state index in [1.807, 2.05) is 41.0 Å². The number of nitrogens with one attached hydrogen (secondary N) is 1. The van der Waals surface area contributed by atoms with Gasteiger partial charge in [0.15, 0.2) is 0 Å². The summed E-state index contributed by atoms with van der Waals surface area (Å²) in [6.45, 7) is 3.36. The van der Waals surface area contributed by atoms with Gasteiger partial charge in [0, 0.05) is 43.0 Å². The van der Waals surface area contributed by atoms with Gasteiger partial charge in [0.25, 0.3) is 0 Å². The molecule has 1 atom stereocenters. The second kappa shape index (κ2) is 7.07. The maximum absolute atomic E-state index is 13.1. The summed E-state index contributed by atoms with van der Waals surface area (Å²) in [4.78, 5) is 15.0. The highest BCUT2D eigenvalue weighted by molar-refractivity contribution is 5.89. The Balaban J connectivity index is 1.39. The molecule has 1 aromatic heterocycles. The number of urea groups is 1. The Morgan fingerprint density at radius 2 is 1.83 bits per heavy atom. The average Bonchev–Trinajstić information content (AvgIpc) is 3.54. The Morgan fingerprint density at radius 3 is 2.52 bits per heavy atom. The van der Waals surface area contributed by atoms with E-state index < -0.39 is 0 Å². The van der Waals surface area contributed by atoms with Crippen molar-refractivity contribution in [2.75, 3.05) is 11.9 Å². The zero-order chi connectivity index (χ0) is 20.0. The zero-order valence-electron chi connectivity index (χ0n) is 16.9. The molecule has 1 saturated carbocycles. The monoisotopic (exact) mass is 386 g/mol. The predicted octanol–water partition coefficient (Wildman–Crippen LogP) is 4.79. The number of hydrogen-bond acceptors (Lipinski definition) is 2. The second-order valence-corrected chi connectivity index (χ2v) is 8.27. The SMILES string of the molecule is Cc1c(C2CN(C(=O)Nc3ccc(C4CC4)cc3)Cc3ccccc32)cnn1C. The molecule has 2 amide bonds. The molecule has 5 heteroatoms. The maximum Gasteiger partial charge on any atom is 0.322 e. The van der Waals surface area contributed by atoms with E-state index in [0.717, 1.165) is 17.3 Å². The topological polar surface area (TPSA) is 50.2 Å². The molecule has 5 nitrogen and oxygen atoms in total. The van der Waals surface area contributed by atoms with Gasteiger partial charge in [-0.2, -0.15) is 5.10 Å². The summed E-state index contributed by atoms with van der Waals surface area (Å²) < 4.78 is 1.90. The number of anilines is 1. The van der Waals surface area contributed by atoms with E-state index in [2.05, 4.69) is 47.7 Å². The van der Waals surface area contributed by atoms with Crippen LogP contribution in [0.4, 0.5) is 10.5 Å². The van der Waals surface area contributed by atoms with Crippen molar-refractivity contribution in [2.24, 2.45) is 7.05 Å². The molecule has 1 unspecified atom stereocenters. The number of aryl methyl sites for hydroxylation is 1. The van der Waals surface area contributed by atoms with Crippen molar-refractivity contribution in [3.8, 4) is 0 Å². The molecule has 2 heterocycles. The molecule has 5 rings (SSSR count). The molecule has 0 radical (unpaired) electrons. The van der Waals surface area contributed by atoms with Crippen molar-refractivity contribution in [1.29, 1.82) is 0 Å². The fourth-order valence-electron chi connectivity index (χ4n) is 4.34. The van der Waals surface area contributed by atoms with Gasteiger partial charge in [0.2, 0.25) is 0 Å². The summed E-state index contributed by atoms with van der Waals surface area (Å²) in [5.41, 5.74) is 7.05. The Kier molecular flexibility index (Phi) is 4.38. The van der Waals surface area contributed by atoms with Crippen LogP contribution < -0.4 is 5.32 Å². The molecule has 2 aromatic carbocycles. The lowest BCUT2D eigenvalue weighted by Gasteiger charge is -2.34. The highest BCUT2D eigenvalue weighted by Crippen LogP contribution is 2.40. The maximum atomic E-state index is 13.1. The number of amides is 2. The predicted molar refractivity (Wildman–Crippen MR) is 114 cm³/mol. The number of rotatable bonds is 3. The van der Waals surface area contributed by atoms with Crippen molar-refractivity contribution in [1.82, 2.24) is 14.7 Å². The Bertz CT molecular complexity index is 1050. The molecule has 29 heavy (non-hydrogen) atoms. The van der Waals surface area contributed by atoms with Gasteiger partial charge < -0.3 is 10.2 Å². The van der Waals surface area contributed by atoms with Gasteiger partial charge in [-0.25, -0.2) is 4.79 Å². The fraction of sp³-hybridized carbons (Fsp3) is 0.333. The molecule has 3 aromatic rings. The smallest absolute Gasteiger partial charge is 0.319 e. The molecule has 0 spiro atoms. The quantitative estimate of drug-likeness (QED) is 0.704. The van der Waals surface area contributed by atoms with Gasteiger partial charge >= 0.3 is 6.03 Å². The number of carbonyl (C=O) groups is 1. The first kappa shape index (κ1) is 18.0. The lowest BCUT2D eigenvalue weighted by molar-refractivity contribution is 0.203. The third-order valence-electron chi connectivity index (χ3n) is 6.34. The number of fused-ring (bicyclic) bond motifs is 1. The number of nitrogens with zero attached hydrogens (tertiary/aromatic N) is 3. The normalized spacial score (nSPS) is 18.4. The molecule has 1 aliphatic heterocycles. The van der Waals surface area contributed by atoms with Crippen molar-refractivity contribution >= 4 is 11.7 Å². The third-order valence-corrected chi connectivity index (χ3v) is 6.34. The summed E-state index contributed by atoms with van der Waals surface area (Å²) in [7, 11) is 1.96. The van der Waals surface area contributed by atoms with Gasteiger partial charge in [-0.3, -0.25) is 4.68 Å². The largest absolute Gasteiger partial charge is 0.322 e. The fourth-order valence-corrected chi connectivity index (χ4v) is 4.34. The third kappa shape index (κ3) is 3.41. The van der Waals surface area contributed by atoms with E-state index in [1.54, 1.807) is 0 Å². The van der Waals surface area contributed by atoms with Crippen molar-refractivity contribution in [3.63, 3.8) is 0 Å². The lowest BCUT2D eigenvalue weighted by Crippen LogP contribution is -2.41.